The van der Waals surface area contributed by atoms with E-state index in [-0.39, 0.29) is 17.5 Å². The number of esters is 2. The van der Waals surface area contributed by atoms with E-state index < -0.39 is 18.0 Å². The van der Waals surface area contributed by atoms with Gasteiger partial charge in [-0.15, -0.1) is 0 Å². The number of nitrogens with zero attached hydrogens (tertiary/aromatic N) is 1. The Morgan fingerprint density at radius 2 is 1.56 bits per heavy atom. The largest absolute Gasteiger partial charge is 0.493 e. The van der Waals surface area contributed by atoms with Gasteiger partial charge in [-0.3, -0.25) is 4.90 Å². The number of hydrogen-bond donors (Lipinski definition) is 1. The van der Waals surface area contributed by atoms with E-state index >= 15 is 0 Å². The average molecular weight is 487 g/mol. The number of amides is 2. The normalized spacial score (nSPS) is 15.2. The Bertz CT molecular complexity index is 1300. The third-order valence-electron chi connectivity index (χ3n) is 5.92. The van der Waals surface area contributed by atoms with Gasteiger partial charge in [-0.1, -0.05) is 54.6 Å². The summed E-state index contributed by atoms with van der Waals surface area (Å²) in [4.78, 5) is 39.9. The number of ether oxygens (including phenoxy) is 3. The lowest BCUT2D eigenvalue weighted by molar-refractivity contribution is -0.136. The predicted molar refractivity (Wildman–Crippen MR) is 132 cm³/mol. The summed E-state index contributed by atoms with van der Waals surface area (Å²) in [5, 5.41) is 2.90. The molecule has 184 valence electrons. The molecule has 8 heteroatoms. The van der Waals surface area contributed by atoms with E-state index in [0.29, 0.717) is 28.9 Å². The molecule has 8 nitrogen and oxygen atoms in total. The molecule has 1 aliphatic heterocycles. The van der Waals surface area contributed by atoms with Gasteiger partial charge in [0.15, 0.2) is 11.5 Å². The molecule has 0 saturated carbocycles. The molecule has 0 aliphatic carbocycles. The van der Waals surface area contributed by atoms with Crippen LogP contribution in [0.2, 0.25) is 0 Å². The minimum absolute atomic E-state index is 0.211. The molecule has 0 aromatic heterocycles. The molecule has 4 rings (SSSR count). The van der Waals surface area contributed by atoms with Crippen molar-refractivity contribution in [3.05, 3.63) is 107 Å². The van der Waals surface area contributed by atoms with Crippen LogP contribution < -0.4 is 14.8 Å². The van der Waals surface area contributed by atoms with Crippen LogP contribution in [0, 0.1) is 0 Å². The smallest absolute Gasteiger partial charge is 0.343 e. The number of allylic oxidation sites excluding steroid dienone is 1. The highest BCUT2D eigenvalue weighted by atomic mass is 16.6. The van der Waals surface area contributed by atoms with Crippen LogP contribution >= 0.6 is 0 Å². The van der Waals surface area contributed by atoms with E-state index in [1.165, 1.54) is 19.1 Å². The summed E-state index contributed by atoms with van der Waals surface area (Å²) >= 11 is 0. The molecular weight excluding hydrogens is 460 g/mol. The molecule has 2 amide bonds. The minimum Gasteiger partial charge on any atom is -0.493 e. The monoisotopic (exact) mass is 486 g/mol. The van der Waals surface area contributed by atoms with E-state index in [1.54, 1.807) is 55.5 Å². The van der Waals surface area contributed by atoms with Crippen molar-refractivity contribution in [2.75, 3.05) is 14.2 Å². The lowest BCUT2D eigenvalue weighted by Crippen LogP contribution is -2.47. The van der Waals surface area contributed by atoms with Gasteiger partial charge in [-0.25, -0.2) is 14.4 Å². The van der Waals surface area contributed by atoms with Gasteiger partial charge in [0.2, 0.25) is 0 Å². The molecule has 0 bridgehead atoms. The summed E-state index contributed by atoms with van der Waals surface area (Å²) in [5.41, 5.74) is 2.66. The Hall–Kier alpha value is -4.59. The number of carbonyl (C=O) groups excluding carboxylic acids is 3. The Morgan fingerprint density at radius 3 is 2.19 bits per heavy atom. The van der Waals surface area contributed by atoms with Crippen LogP contribution in [-0.4, -0.2) is 37.1 Å². The first-order chi connectivity index (χ1) is 17.4. The zero-order valence-corrected chi connectivity index (χ0v) is 20.2. The van der Waals surface area contributed by atoms with E-state index in [0.717, 1.165) is 5.56 Å². The molecule has 1 heterocycles. The van der Waals surface area contributed by atoms with Crippen molar-refractivity contribution in [1.82, 2.24) is 10.2 Å². The number of hydrogen-bond acceptors (Lipinski definition) is 6. The molecule has 0 fully saturated rings. The van der Waals surface area contributed by atoms with Crippen molar-refractivity contribution >= 4 is 18.0 Å². The second-order valence-electron chi connectivity index (χ2n) is 8.11. The Balaban J connectivity index is 1.67. The summed E-state index contributed by atoms with van der Waals surface area (Å²) in [6.07, 6.45) is 0. The summed E-state index contributed by atoms with van der Waals surface area (Å²) in [5.74, 6) is -0.604. The third-order valence-corrected chi connectivity index (χ3v) is 5.92. The van der Waals surface area contributed by atoms with Crippen LogP contribution in [0.5, 0.6) is 11.5 Å². The highest BCUT2D eigenvalue weighted by Crippen LogP contribution is 2.36. The van der Waals surface area contributed by atoms with Gasteiger partial charge in [-0.2, -0.15) is 0 Å². The fraction of sp³-hybridized carbons (Fsp3) is 0.179. The summed E-state index contributed by atoms with van der Waals surface area (Å²) in [6.45, 7) is 2.01. The number of nitrogens with one attached hydrogen (secondary N) is 1. The van der Waals surface area contributed by atoms with Crippen molar-refractivity contribution in [3.63, 3.8) is 0 Å². The zero-order chi connectivity index (χ0) is 25.7. The quantitative estimate of drug-likeness (QED) is 0.387. The fourth-order valence-electron chi connectivity index (χ4n) is 4.04. The van der Waals surface area contributed by atoms with E-state index in [9.17, 15) is 14.4 Å². The summed E-state index contributed by atoms with van der Waals surface area (Å²) in [6, 6.07) is 21.8. The molecule has 3 aromatic carbocycles. The molecule has 1 unspecified atom stereocenters. The molecule has 1 aliphatic rings. The standard InChI is InChI=1S/C28H26N2O6/c1-18-24(27(32)35-3)25(29-28(33)30(18)17-19-10-6-4-7-11-19)21-14-15-22(23(16-21)34-2)36-26(31)20-12-8-5-9-13-20/h4-16,25H,17H2,1-3H3,(H,29,33). The van der Waals surface area contributed by atoms with Gasteiger partial charge in [0.1, 0.15) is 0 Å². The van der Waals surface area contributed by atoms with Crippen molar-refractivity contribution in [3.8, 4) is 11.5 Å². The first-order valence-electron chi connectivity index (χ1n) is 11.3. The highest BCUT2D eigenvalue weighted by molar-refractivity contribution is 5.95. The lowest BCUT2D eigenvalue weighted by Gasteiger charge is -2.35. The summed E-state index contributed by atoms with van der Waals surface area (Å²) < 4.78 is 16.0. The van der Waals surface area contributed by atoms with Crippen LogP contribution in [0.4, 0.5) is 4.79 Å². The van der Waals surface area contributed by atoms with Crippen molar-refractivity contribution in [1.29, 1.82) is 0 Å². The highest BCUT2D eigenvalue weighted by Gasteiger charge is 2.36. The first kappa shape index (κ1) is 24.5. The van der Waals surface area contributed by atoms with Crippen molar-refractivity contribution in [2.45, 2.75) is 19.5 Å². The predicted octanol–water partition coefficient (Wildman–Crippen LogP) is 4.63. The Morgan fingerprint density at radius 1 is 0.889 bits per heavy atom. The zero-order valence-electron chi connectivity index (χ0n) is 20.2. The molecule has 3 aromatic rings. The van der Waals surface area contributed by atoms with Gasteiger partial charge < -0.3 is 19.5 Å². The number of benzene rings is 3. The SMILES string of the molecule is COC(=O)C1=C(C)N(Cc2ccccc2)C(=O)NC1c1ccc(OC(=O)c2ccccc2)c(OC)c1. The van der Waals surface area contributed by atoms with Gasteiger partial charge in [-0.05, 0) is 42.3 Å². The average Bonchev–Trinajstić information content (AvgIpc) is 2.91. The maximum absolute atomic E-state index is 13.1. The Labute approximate surface area is 209 Å². The third kappa shape index (κ3) is 5.07. The van der Waals surface area contributed by atoms with Crippen LogP contribution in [0.25, 0.3) is 0 Å². The number of methoxy groups -OCH3 is 2. The second-order valence-corrected chi connectivity index (χ2v) is 8.11. The fourth-order valence-corrected chi connectivity index (χ4v) is 4.04. The number of rotatable bonds is 7. The number of carbonyl (C=O) groups is 3. The van der Waals surface area contributed by atoms with Crippen molar-refractivity contribution in [2.24, 2.45) is 0 Å². The van der Waals surface area contributed by atoms with Gasteiger partial charge in [0.25, 0.3) is 0 Å². The molecule has 1 atom stereocenters. The summed E-state index contributed by atoms with van der Waals surface area (Å²) in [7, 11) is 2.74. The molecular formula is C28H26N2O6. The first-order valence-corrected chi connectivity index (χ1v) is 11.3. The van der Waals surface area contributed by atoms with Crippen LogP contribution in [0.1, 0.15) is 34.5 Å². The molecule has 1 N–H and O–H groups in total. The maximum atomic E-state index is 13.1. The van der Waals surface area contributed by atoms with Gasteiger partial charge in [0, 0.05) is 5.70 Å². The Kier molecular flexibility index (Phi) is 7.34. The topological polar surface area (TPSA) is 94.2 Å². The maximum Gasteiger partial charge on any atom is 0.343 e. The van der Waals surface area contributed by atoms with Crippen molar-refractivity contribution < 1.29 is 28.6 Å². The van der Waals surface area contributed by atoms with Crippen LogP contribution in [0.15, 0.2) is 90.1 Å². The minimum atomic E-state index is -0.787. The van der Waals surface area contributed by atoms with Gasteiger partial charge >= 0.3 is 18.0 Å². The number of urea groups is 1. The van der Waals surface area contributed by atoms with Crippen LogP contribution in [0.3, 0.4) is 0 Å². The second kappa shape index (κ2) is 10.8. The lowest BCUT2D eigenvalue weighted by atomic mass is 9.94. The van der Waals surface area contributed by atoms with Crippen LogP contribution in [-0.2, 0) is 16.1 Å². The van der Waals surface area contributed by atoms with E-state index in [2.05, 4.69) is 5.32 Å². The molecule has 0 radical (unpaired) electrons. The molecule has 36 heavy (non-hydrogen) atoms. The molecule has 0 spiro atoms. The van der Waals surface area contributed by atoms with Gasteiger partial charge in [0.05, 0.1) is 37.9 Å². The molecule has 0 saturated heterocycles. The van der Waals surface area contributed by atoms with E-state index in [1.807, 2.05) is 30.3 Å². The van der Waals surface area contributed by atoms with E-state index in [4.69, 9.17) is 14.2 Å².